The van der Waals surface area contributed by atoms with E-state index in [1.54, 1.807) is 19.1 Å². The van der Waals surface area contributed by atoms with Crippen LogP contribution in [0.3, 0.4) is 0 Å². The van der Waals surface area contributed by atoms with Gasteiger partial charge in [-0.15, -0.1) is 0 Å². The average Bonchev–Trinajstić information content (AvgIpc) is 2.83. The van der Waals surface area contributed by atoms with Crippen molar-refractivity contribution >= 4 is 5.97 Å². The number of rotatable bonds is 4. The monoisotopic (exact) mass is 252 g/mol. The molecule has 98 valence electrons. The average molecular weight is 252 g/mol. The van der Waals surface area contributed by atoms with Crippen LogP contribution in [-0.4, -0.2) is 24.8 Å². The van der Waals surface area contributed by atoms with Gasteiger partial charge in [0.15, 0.2) is 6.10 Å². The number of ether oxygens (including phenoxy) is 3. The first kappa shape index (κ1) is 12.9. The van der Waals surface area contributed by atoms with Gasteiger partial charge in [-0.2, -0.15) is 0 Å². The van der Waals surface area contributed by atoms with Crippen LogP contribution in [0.2, 0.25) is 0 Å². The van der Waals surface area contributed by atoms with E-state index in [4.69, 9.17) is 14.2 Å². The van der Waals surface area contributed by atoms with Gasteiger partial charge in [0, 0.05) is 5.56 Å². The zero-order chi connectivity index (χ0) is 13.1. The van der Waals surface area contributed by atoms with E-state index in [9.17, 15) is 9.90 Å². The molecule has 1 aromatic carbocycles. The number of hydrogen-bond donors (Lipinski definition) is 1. The van der Waals surface area contributed by atoms with Crippen molar-refractivity contribution in [3.8, 4) is 5.75 Å². The van der Waals surface area contributed by atoms with E-state index in [2.05, 4.69) is 0 Å². The fraction of sp³-hybridized carbons (Fsp3) is 0.462. The van der Waals surface area contributed by atoms with Gasteiger partial charge >= 0.3 is 5.97 Å². The van der Waals surface area contributed by atoms with Gasteiger partial charge in [0.1, 0.15) is 5.75 Å². The fourth-order valence-corrected chi connectivity index (χ4v) is 1.96. The molecule has 5 nitrogen and oxygen atoms in total. The summed E-state index contributed by atoms with van der Waals surface area (Å²) in [6.07, 6.45) is -1.33. The number of carbonyl (C=O) groups is 1. The predicted octanol–water partition coefficient (Wildman–Crippen LogP) is 1.32. The SMILES string of the molecule is CCOC(=O)C(O)c1cc2c(cc1OC)COC2. The van der Waals surface area contributed by atoms with Crippen LogP contribution in [0.15, 0.2) is 12.1 Å². The minimum Gasteiger partial charge on any atom is -0.496 e. The number of carbonyl (C=O) groups excluding carboxylic acids is 1. The standard InChI is InChI=1S/C13H16O5/c1-3-18-13(15)12(14)10-4-8-6-17-7-9(8)5-11(10)16-2/h4-5,12,14H,3,6-7H2,1-2H3. The molecule has 1 atom stereocenters. The second-order valence-electron chi connectivity index (χ2n) is 4.01. The van der Waals surface area contributed by atoms with Crippen LogP contribution in [0.1, 0.15) is 29.7 Å². The number of esters is 1. The van der Waals surface area contributed by atoms with E-state index in [0.29, 0.717) is 24.5 Å². The van der Waals surface area contributed by atoms with Crippen LogP contribution < -0.4 is 4.74 Å². The van der Waals surface area contributed by atoms with E-state index in [-0.39, 0.29) is 6.61 Å². The molecule has 0 amide bonds. The third-order valence-electron chi connectivity index (χ3n) is 2.87. The molecular weight excluding hydrogens is 236 g/mol. The van der Waals surface area contributed by atoms with Gasteiger partial charge in [0.05, 0.1) is 26.9 Å². The summed E-state index contributed by atoms with van der Waals surface area (Å²) in [5, 5.41) is 9.97. The van der Waals surface area contributed by atoms with Gasteiger partial charge in [-0.05, 0) is 30.2 Å². The van der Waals surface area contributed by atoms with Crippen molar-refractivity contribution in [1.82, 2.24) is 0 Å². The van der Waals surface area contributed by atoms with Gasteiger partial charge in [-0.3, -0.25) is 0 Å². The normalized spacial score (nSPS) is 15.1. The van der Waals surface area contributed by atoms with Crippen molar-refractivity contribution in [3.05, 3.63) is 28.8 Å². The van der Waals surface area contributed by atoms with E-state index in [1.807, 2.05) is 0 Å². The summed E-state index contributed by atoms with van der Waals surface area (Å²) in [5.74, 6) is -0.200. The van der Waals surface area contributed by atoms with Gasteiger partial charge in [-0.1, -0.05) is 0 Å². The third kappa shape index (κ3) is 2.32. The highest BCUT2D eigenvalue weighted by atomic mass is 16.5. The Kier molecular flexibility index (Phi) is 3.84. The Morgan fingerprint density at radius 1 is 1.44 bits per heavy atom. The molecular formula is C13H16O5. The number of aliphatic hydroxyl groups is 1. The molecule has 0 saturated heterocycles. The first-order chi connectivity index (χ1) is 8.67. The molecule has 0 aliphatic carbocycles. The van der Waals surface area contributed by atoms with Crippen molar-refractivity contribution in [3.63, 3.8) is 0 Å². The lowest BCUT2D eigenvalue weighted by Crippen LogP contribution is -2.16. The summed E-state index contributed by atoms with van der Waals surface area (Å²) in [7, 11) is 1.50. The van der Waals surface area contributed by atoms with Gasteiger partial charge < -0.3 is 19.3 Å². The highest BCUT2D eigenvalue weighted by molar-refractivity contribution is 5.77. The third-order valence-corrected chi connectivity index (χ3v) is 2.87. The Morgan fingerprint density at radius 2 is 2.11 bits per heavy atom. The Bertz CT molecular complexity index is 455. The molecule has 1 N–H and O–H groups in total. The van der Waals surface area contributed by atoms with Crippen LogP contribution in [0, 0.1) is 0 Å². The molecule has 0 bridgehead atoms. The largest absolute Gasteiger partial charge is 0.496 e. The second-order valence-corrected chi connectivity index (χ2v) is 4.01. The highest BCUT2D eigenvalue weighted by Gasteiger charge is 2.25. The lowest BCUT2D eigenvalue weighted by Gasteiger charge is -2.15. The smallest absolute Gasteiger partial charge is 0.339 e. The van der Waals surface area contributed by atoms with Crippen molar-refractivity contribution < 1.29 is 24.1 Å². The first-order valence-corrected chi connectivity index (χ1v) is 5.79. The summed E-state index contributed by atoms with van der Waals surface area (Å²) < 4.78 is 15.3. The Labute approximate surface area is 105 Å². The number of methoxy groups -OCH3 is 1. The predicted molar refractivity (Wildman–Crippen MR) is 63.1 cm³/mol. The molecule has 0 saturated carbocycles. The molecule has 18 heavy (non-hydrogen) atoms. The summed E-state index contributed by atoms with van der Waals surface area (Å²) >= 11 is 0. The number of hydrogen-bond acceptors (Lipinski definition) is 5. The summed E-state index contributed by atoms with van der Waals surface area (Å²) in [4.78, 5) is 11.6. The number of fused-ring (bicyclic) bond motifs is 1. The molecule has 2 rings (SSSR count). The first-order valence-electron chi connectivity index (χ1n) is 5.79. The molecule has 1 unspecified atom stereocenters. The molecule has 0 aromatic heterocycles. The fourth-order valence-electron chi connectivity index (χ4n) is 1.96. The molecule has 0 fully saturated rings. The van der Waals surface area contributed by atoms with E-state index >= 15 is 0 Å². The molecule has 1 heterocycles. The maximum atomic E-state index is 11.6. The lowest BCUT2D eigenvalue weighted by molar-refractivity contribution is -0.153. The van der Waals surface area contributed by atoms with E-state index in [0.717, 1.165) is 11.1 Å². The van der Waals surface area contributed by atoms with E-state index < -0.39 is 12.1 Å². The Hall–Kier alpha value is -1.59. The lowest BCUT2D eigenvalue weighted by atomic mass is 10.0. The van der Waals surface area contributed by atoms with Gasteiger partial charge in [0.2, 0.25) is 0 Å². The second kappa shape index (κ2) is 5.37. The number of benzene rings is 1. The quantitative estimate of drug-likeness (QED) is 0.819. The Balaban J connectivity index is 2.34. The maximum absolute atomic E-state index is 11.6. The highest BCUT2D eigenvalue weighted by Crippen LogP contribution is 2.32. The summed E-state index contributed by atoms with van der Waals surface area (Å²) in [6, 6.07) is 3.53. The maximum Gasteiger partial charge on any atom is 0.339 e. The molecule has 0 radical (unpaired) electrons. The molecule has 0 spiro atoms. The molecule has 1 aromatic rings. The van der Waals surface area contributed by atoms with Crippen molar-refractivity contribution in [1.29, 1.82) is 0 Å². The summed E-state index contributed by atoms with van der Waals surface area (Å²) in [5.41, 5.74) is 2.40. The Morgan fingerprint density at radius 3 is 2.72 bits per heavy atom. The molecule has 1 aliphatic rings. The number of aliphatic hydroxyl groups excluding tert-OH is 1. The van der Waals surface area contributed by atoms with Gasteiger partial charge in [0.25, 0.3) is 0 Å². The zero-order valence-electron chi connectivity index (χ0n) is 10.4. The van der Waals surface area contributed by atoms with Crippen LogP contribution >= 0.6 is 0 Å². The van der Waals surface area contributed by atoms with Crippen molar-refractivity contribution in [2.75, 3.05) is 13.7 Å². The molecule has 1 aliphatic heterocycles. The topological polar surface area (TPSA) is 65.0 Å². The van der Waals surface area contributed by atoms with Crippen LogP contribution in [0.4, 0.5) is 0 Å². The van der Waals surface area contributed by atoms with Crippen molar-refractivity contribution in [2.24, 2.45) is 0 Å². The van der Waals surface area contributed by atoms with Crippen LogP contribution in [-0.2, 0) is 27.5 Å². The van der Waals surface area contributed by atoms with Crippen LogP contribution in [0.25, 0.3) is 0 Å². The van der Waals surface area contributed by atoms with Crippen molar-refractivity contribution in [2.45, 2.75) is 26.2 Å². The molecule has 5 heteroatoms. The zero-order valence-corrected chi connectivity index (χ0v) is 10.4. The van der Waals surface area contributed by atoms with E-state index in [1.165, 1.54) is 7.11 Å². The minimum absolute atomic E-state index is 0.228. The minimum atomic E-state index is -1.33. The van der Waals surface area contributed by atoms with Gasteiger partial charge in [-0.25, -0.2) is 4.79 Å². The summed E-state index contributed by atoms with van der Waals surface area (Å²) in [6.45, 7) is 2.94. The van der Waals surface area contributed by atoms with Crippen LogP contribution in [0.5, 0.6) is 5.75 Å².